The maximum atomic E-state index is 13.4. The molecule has 12 aromatic rings. The highest BCUT2D eigenvalue weighted by atomic mass is 16.5. The zero-order valence-electron chi connectivity index (χ0n) is 72.7. The number of benzene rings is 3. The fourth-order valence-electron chi connectivity index (χ4n) is 16.2. The van der Waals surface area contributed by atoms with Gasteiger partial charge in [0.25, 0.3) is 0 Å². The first kappa shape index (κ1) is 86.7. The van der Waals surface area contributed by atoms with Crippen LogP contribution in [0.4, 0.5) is 34.9 Å². The third kappa shape index (κ3) is 22.0. The summed E-state index contributed by atoms with van der Waals surface area (Å²) in [6, 6.07) is 25.9. The van der Waals surface area contributed by atoms with Gasteiger partial charge in [0, 0.05) is 146 Å². The van der Waals surface area contributed by atoms with E-state index in [9.17, 15) is 19.2 Å². The summed E-state index contributed by atoms with van der Waals surface area (Å²) in [7, 11) is 5.60. The molecular formula is C90H111N27O7. The first-order chi connectivity index (χ1) is 59.6. The molecule has 0 amide bonds. The molecule has 34 nitrogen and oxygen atoms in total. The minimum Gasteiger partial charge on any atom is -0.380 e. The van der Waals surface area contributed by atoms with Crippen LogP contribution in [0.2, 0.25) is 0 Å². The summed E-state index contributed by atoms with van der Waals surface area (Å²) in [5.41, 5.74) is 15.9. The highest BCUT2D eigenvalue weighted by molar-refractivity contribution is 5.95. The summed E-state index contributed by atoms with van der Waals surface area (Å²) >= 11 is 0. The molecule has 9 aromatic heterocycles. The van der Waals surface area contributed by atoms with Gasteiger partial charge < -0.3 is 35.5 Å². The average molecular weight is 1680 g/mol. The van der Waals surface area contributed by atoms with E-state index in [1.807, 2.05) is 120 Å². The predicted octanol–water partition coefficient (Wildman–Crippen LogP) is 12.4. The van der Waals surface area contributed by atoms with Gasteiger partial charge in [-0.05, 0) is 202 Å². The zero-order chi connectivity index (χ0) is 86.8. The van der Waals surface area contributed by atoms with E-state index in [0.29, 0.717) is 85.9 Å². The van der Waals surface area contributed by atoms with E-state index >= 15 is 0 Å². The number of aryl methyl sites for hydroxylation is 3. The van der Waals surface area contributed by atoms with Crippen LogP contribution in [0.25, 0.3) is 33.8 Å². The normalized spacial score (nSPS) is 18.6. The molecule has 3 fully saturated rings. The topological polar surface area (TPSA) is 373 Å². The van der Waals surface area contributed by atoms with Gasteiger partial charge in [-0.25, -0.2) is 43.9 Å². The number of nitrogens with zero attached hydrogens (tertiary/aromatic N) is 23. The molecule has 5 atom stereocenters. The minimum absolute atomic E-state index is 0.0225. The number of ketones is 4. The number of hydrogen-bond donors (Lipinski definition) is 4. The summed E-state index contributed by atoms with van der Waals surface area (Å²) < 4.78 is 26.6. The molecule has 34 heteroatoms. The van der Waals surface area contributed by atoms with Crippen LogP contribution in [0.15, 0.2) is 147 Å². The molecule has 0 radical (unpaired) electrons. The van der Waals surface area contributed by atoms with Crippen molar-refractivity contribution in [2.75, 3.05) is 75.2 Å². The molecule has 648 valence electrons. The molecule has 3 aromatic carbocycles. The van der Waals surface area contributed by atoms with Crippen molar-refractivity contribution in [2.45, 2.75) is 186 Å². The van der Waals surface area contributed by atoms with Gasteiger partial charge in [0.2, 0.25) is 17.8 Å². The maximum absolute atomic E-state index is 13.4. The molecule has 18 rings (SSSR count). The van der Waals surface area contributed by atoms with Crippen LogP contribution in [-0.4, -0.2) is 209 Å². The Morgan fingerprint density at radius 2 is 0.823 bits per heavy atom. The number of anilines is 6. The Morgan fingerprint density at radius 3 is 1.14 bits per heavy atom. The zero-order valence-corrected chi connectivity index (χ0v) is 72.7. The van der Waals surface area contributed by atoms with Crippen LogP contribution in [0.5, 0.6) is 0 Å². The van der Waals surface area contributed by atoms with Crippen molar-refractivity contribution < 1.29 is 33.4 Å². The van der Waals surface area contributed by atoms with Crippen LogP contribution in [0.3, 0.4) is 0 Å². The highest BCUT2D eigenvalue weighted by Gasteiger charge is 2.35. The van der Waals surface area contributed by atoms with Crippen molar-refractivity contribution in [3.8, 4) is 33.8 Å². The SMILES string of the molecule is Cn1cc(Nc2nccc(-c3ccc4c(c3)CN([C@@H]3CCOC3)CC[C@H]4CC(=O)c3cn(C(C)(C)C)nn3)n2)cn1.Cn1cc(Nc2nccc(-c3ccc4c(c3)CN([C@H]3CCOC3)CC[C@H]4CC(=O)c3cn(C(C)(C)C)nn3)n2)cn1.Cn1cc(Nc2nccc(-c3ccc4c(c3)CNCC[C@H]4CC(=O)c3cn(C(C)(C)C)nn3)n2)cn1.O=C1CCOC1. The Kier molecular flexibility index (Phi) is 26.8. The summed E-state index contributed by atoms with van der Waals surface area (Å²) in [6.07, 6.45) is 28.0. The van der Waals surface area contributed by atoms with Crippen molar-refractivity contribution in [1.29, 1.82) is 0 Å². The number of nitrogens with one attached hydrogen (secondary N) is 4. The first-order valence-electron chi connectivity index (χ1n) is 42.6. The molecule has 6 aliphatic heterocycles. The summed E-state index contributed by atoms with van der Waals surface area (Å²) in [6.45, 7) is 27.5. The molecule has 3 saturated heterocycles. The van der Waals surface area contributed by atoms with Crippen LogP contribution in [0.1, 0.15) is 203 Å². The smallest absolute Gasteiger partial charge is 0.227 e. The fraction of sp³-hybridized carbons (Fsp3) is 0.456. The van der Waals surface area contributed by atoms with Gasteiger partial charge in [-0.1, -0.05) is 52.0 Å². The lowest BCUT2D eigenvalue weighted by atomic mass is 9.87. The molecule has 6 aliphatic rings. The van der Waals surface area contributed by atoms with E-state index in [-0.39, 0.29) is 57.5 Å². The van der Waals surface area contributed by atoms with Gasteiger partial charge in [0.15, 0.2) is 23.1 Å². The van der Waals surface area contributed by atoms with Gasteiger partial charge in [-0.15, -0.1) is 15.3 Å². The Balaban J connectivity index is 0.000000139. The Morgan fingerprint density at radius 1 is 0.452 bits per heavy atom. The number of hydrogen-bond acceptors (Lipinski definition) is 28. The Labute approximate surface area is 721 Å². The second kappa shape index (κ2) is 38.3. The summed E-state index contributed by atoms with van der Waals surface area (Å²) in [5.74, 6) is 2.15. The highest BCUT2D eigenvalue weighted by Crippen LogP contribution is 2.40. The number of carbonyl (C=O) groups is 4. The third-order valence-electron chi connectivity index (χ3n) is 23.1. The number of Topliss-reactive ketones (excluding diaryl/α,β-unsaturated/α-hetero) is 4. The van der Waals surface area contributed by atoms with E-state index in [4.69, 9.17) is 29.2 Å². The third-order valence-corrected chi connectivity index (χ3v) is 23.1. The first-order valence-corrected chi connectivity index (χ1v) is 42.6. The van der Waals surface area contributed by atoms with Gasteiger partial charge in [-0.2, -0.15) is 15.3 Å². The number of aromatic nitrogens is 21. The molecule has 0 aliphatic carbocycles. The van der Waals surface area contributed by atoms with Gasteiger partial charge >= 0.3 is 0 Å². The van der Waals surface area contributed by atoms with Crippen molar-refractivity contribution in [3.63, 3.8) is 0 Å². The number of fused-ring (bicyclic) bond motifs is 3. The lowest BCUT2D eigenvalue weighted by Crippen LogP contribution is -2.35. The van der Waals surface area contributed by atoms with Crippen molar-refractivity contribution >= 4 is 58.0 Å². The largest absolute Gasteiger partial charge is 0.380 e. The second-order valence-corrected chi connectivity index (χ2v) is 35.6. The van der Waals surface area contributed by atoms with Crippen molar-refractivity contribution in [2.24, 2.45) is 21.1 Å². The van der Waals surface area contributed by atoms with Crippen LogP contribution >= 0.6 is 0 Å². The number of carbonyl (C=O) groups excluding carboxylic acids is 4. The molecule has 0 unspecified atom stereocenters. The number of rotatable bonds is 20. The van der Waals surface area contributed by atoms with E-state index in [2.05, 4.69) is 147 Å². The van der Waals surface area contributed by atoms with Gasteiger partial charge in [-0.3, -0.25) is 43.0 Å². The lowest BCUT2D eigenvalue weighted by Gasteiger charge is -2.26. The molecule has 15 heterocycles. The molecule has 0 saturated carbocycles. The molecule has 4 N–H and O–H groups in total. The second-order valence-electron chi connectivity index (χ2n) is 35.6. The summed E-state index contributed by atoms with van der Waals surface area (Å²) in [5, 5.41) is 50.9. The predicted molar refractivity (Wildman–Crippen MR) is 467 cm³/mol. The quantitative estimate of drug-likeness (QED) is 0.0515. The maximum Gasteiger partial charge on any atom is 0.227 e. The Bertz CT molecular complexity index is 5470. The molecule has 0 bridgehead atoms. The molecule has 124 heavy (non-hydrogen) atoms. The van der Waals surface area contributed by atoms with Crippen LogP contribution in [0, 0.1) is 0 Å². The van der Waals surface area contributed by atoms with Crippen molar-refractivity contribution in [3.05, 3.63) is 198 Å². The van der Waals surface area contributed by atoms with E-state index < -0.39 is 0 Å². The summed E-state index contributed by atoms with van der Waals surface area (Å²) in [4.78, 5) is 82.5. The van der Waals surface area contributed by atoms with Gasteiger partial charge in [0.1, 0.15) is 23.7 Å². The average Bonchev–Trinajstić information content (AvgIpc) is 1.59. The minimum atomic E-state index is -0.227. The standard InChI is InChI=1S/2C30H37N9O2.C26H31N9O.C4H6O2/c2*1-30(2,3)39-18-27(35-36-39)28(40)14-20-8-11-38(24-9-12-41-19-24)16-22-13-21(5-6-25(20)22)26-7-10-31-29(34-26)33-23-15-32-37(4)17-23;1-26(2,3)35-16-23(32-33-35)24(36)12-17-7-9-27-13-19-11-18(5-6-21(17)19)22-8-10-28-25(31-22)30-20-14-29-34(4)15-20;5-4-1-2-6-3-4/h2*5-7,10,13,15,17-18,20,24H,8-9,11-12,14,16,19H2,1-4H3,(H,31,33,34);5-6,8,10-11,14-17,27H,7,9,12-13H2,1-4H3,(H,28,30,31);1-3H2/t20-,24+;20-,24-;17-;/m000./s1. The van der Waals surface area contributed by atoms with Crippen LogP contribution in [-0.2, 0) is 76.4 Å². The van der Waals surface area contributed by atoms with Crippen LogP contribution < -0.4 is 21.3 Å². The number of ether oxygens (including phenoxy) is 3. The van der Waals surface area contributed by atoms with Crippen molar-refractivity contribution in [1.82, 2.24) is 119 Å². The van der Waals surface area contributed by atoms with E-state index in [1.54, 1.807) is 83.9 Å². The van der Waals surface area contributed by atoms with Gasteiger partial charge in [0.05, 0.1) is 108 Å². The Hall–Kier alpha value is -12.2. The fourth-order valence-corrected chi connectivity index (χ4v) is 16.2. The lowest BCUT2D eigenvalue weighted by molar-refractivity contribution is -0.117. The monoisotopic (exact) mass is 1680 g/mol. The molecular weight excluding hydrogens is 1570 g/mol. The van der Waals surface area contributed by atoms with E-state index in [0.717, 1.165) is 149 Å². The molecule has 0 spiro atoms. The van der Waals surface area contributed by atoms with E-state index in [1.165, 1.54) is 33.4 Å².